The Morgan fingerprint density at radius 1 is 1.33 bits per heavy atom. The normalized spacial score (nSPS) is 38.0. The first-order valence-corrected chi connectivity index (χ1v) is 5.93. The van der Waals surface area contributed by atoms with E-state index >= 15 is 0 Å². The van der Waals surface area contributed by atoms with Crippen molar-refractivity contribution < 1.29 is 8.87 Å². The topological polar surface area (TPSA) is 26.0 Å². The minimum Gasteiger partial charge on any atom is -0.326 e. The highest BCUT2D eigenvalue weighted by Gasteiger charge is 2.37. The summed E-state index contributed by atoms with van der Waals surface area (Å²) in [6, 6.07) is 0. The molecule has 1 saturated heterocycles. The van der Waals surface area contributed by atoms with Crippen molar-refractivity contribution >= 4 is 0 Å². The Morgan fingerprint density at radius 3 is 2.20 bits per heavy atom. The van der Waals surface area contributed by atoms with Crippen LogP contribution >= 0.6 is 0 Å². The molecule has 15 heavy (non-hydrogen) atoms. The van der Waals surface area contributed by atoms with Gasteiger partial charge in [0.1, 0.15) is 5.67 Å². The maximum atomic E-state index is 13.7. The molecule has 0 radical (unpaired) electrons. The highest BCUT2D eigenvalue weighted by atomic mass is 19.1. The fourth-order valence-electron chi connectivity index (χ4n) is 2.02. The van der Waals surface area contributed by atoms with Crippen LogP contribution in [0.5, 0.6) is 0 Å². The molecule has 0 aromatic rings. The molecule has 1 rings (SSSR count). The zero-order valence-corrected chi connectivity index (χ0v) is 10.6. The van der Waals surface area contributed by atoms with Gasteiger partial charge in [-0.05, 0) is 20.8 Å². The molecule has 1 aliphatic heterocycles. The van der Waals surface area contributed by atoms with Crippen LogP contribution in [0.4, 0.5) is 4.39 Å². The first kappa shape index (κ1) is 12.9. The molecule has 0 amide bonds. The lowest BCUT2D eigenvalue weighted by Crippen LogP contribution is -2.55. The third-order valence-electron chi connectivity index (χ3n) is 3.64. The van der Waals surface area contributed by atoms with Gasteiger partial charge in [-0.15, -0.1) is 0 Å². The summed E-state index contributed by atoms with van der Waals surface area (Å²) in [4.78, 5) is 0. The Hall–Kier alpha value is -0.150. The number of hydrogen-bond acceptors (Lipinski definition) is 1. The molecular weight excluding hydrogens is 191 g/mol. The van der Waals surface area contributed by atoms with Crippen LogP contribution in [0.15, 0.2) is 0 Å². The van der Waals surface area contributed by atoms with Gasteiger partial charge < -0.3 is 10.2 Å². The molecule has 2 N–H and O–H groups in total. The second-order valence-corrected chi connectivity index (χ2v) is 6.44. The summed E-state index contributed by atoms with van der Waals surface area (Å²) < 4.78 is 14.6. The third-order valence-corrected chi connectivity index (χ3v) is 3.64. The molecule has 3 heteroatoms. The van der Waals surface area contributed by atoms with Crippen LogP contribution in [0.25, 0.3) is 0 Å². The number of rotatable bonds is 3. The number of nitrogens with two attached hydrogens (primary N) is 1. The van der Waals surface area contributed by atoms with E-state index in [-0.39, 0.29) is 5.54 Å². The van der Waals surface area contributed by atoms with E-state index in [4.69, 9.17) is 5.73 Å². The van der Waals surface area contributed by atoms with Crippen molar-refractivity contribution in [3.8, 4) is 0 Å². The summed E-state index contributed by atoms with van der Waals surface area (Å²) in [6.07, 6.45) is 2.38. The molecule has 0 spiro atoms. The summed E-state index contributed by atoms with van der Waals surface area (Å²) in [5, 5.41) is 0. The fourth-order valence-corrected chi connectivity index (χ4v) is 2.02. The van der Waals surface area contributed by atoms with Gasteiger partial charge in [-0.1, -0.05) is 0 Å². The third kappa shape index (κ3) is 4.47. The Bertz CT molecular complexity index is 208. The SMILES string of the molecule is CC(C)(N)CC[N+]1(C)CCC(C)(F)CC1. The van der Waals surface area contributed by atoms with Gasteiger partial charge >= 0.3 is 0 Å². The lowest BCUT2D eigenvalue weighted by atomic mass is 9.93. The predicted octanol–water partition coefficient (Wildman–Crippen LogP) is 2.08. The highest BCUT2D eigenvalue weighted by Crippen LogP contribution is 2.29. The quantitative estimate of drug-likeness (QED) is 0.720. The van der Waals surface area contributed by atoms with Crippen LogP contribution in [-0.2, 0) is 0 Å². The molecule has 0 aromatic carbocycles. The van der Waals surface area contributed by atoms with Crippen LogP contribution in [0.1, 0.15) is 40.0 Å². The van der Waals surface area contributed by atoms with Crippen LogP contribution < -0.4 is 5.73 Å². The van der Waals surface area contributed by atoms with Gasteiger partial charge in [0.05, 0.1) is 26.7 Å². The number of alkyl halides is 1. The van der Waals surface area contributed by atoms with E-state index in [9.17, 15) is 4.39 Å². The number of likely N-dealkylation sites (tertiary alicyclic amines) is 1. The Balaban J connectivity index is 2.42. The highest BCUT2D eigenvalue weighted by molar-refractivity contribution is 4.78. The maximum absolute atomic E-state index is 13.7. The first-order chi connectivity index (χ1) is 6.62. The van der Waals surface area contributed by atoms with E-state index in [1.54, 1.807) is 6.92 Å². The first-order valence-electron chi connectivity index (χ1n) is 5.93. The zero-order chi connectivity index (χ0) is 11.7. The predicted molar refractivity (Wildman–Crippen MR) is 62.4 cm³/mol. The number of nitrogens with zero attached hydrogens (tertiary/aromatic N) is 1. The summed E-state index contributed by atoms with van der Waals surface area (Å²) in [5.74, 6) is 0. The van der Waals surface area contributed by atoms with Crippen LogP contribution in [0.3, 0.4) is 0 Å². The molecule has 0 unspecified atom stereocenters. The van der Waals surface area contributed by atoms with Crippen LogP contribution in [0, 0.1) is 0 Å². The molecule has 2 nitrogen and oxygen atoms in total. The van der Waals surface area contributed by atoms with Gasteiger partial charge in [0.2, 0.25) is 0 Å². The fraction of sp³-hybridized carbons (Fsp3) is 1.00. The summed E-state index contributed by atoms with van der Waals surface area (Å²) in [5.41, 5.74) is 4.95. The molecule has 90 valence electrons. The second kappa shape index (κ2) is 4.02. The molecule has 1 heterocycles. The lowest BCUT2D eigenvalue weighted by molar-refractivity contribution is -0.916. The minimum atomic E-state index is -0.935. The van der Waals surface area contributed by atoms with E-state index in [0.29, 0.717) is 12.8 Å². The minimum absolute atomic E-state index is 0.0995. The molecule has 0 bridgehead atoms. The van der Waals surface area contributed by atoms with Gasteiger partial charge in [-0.2, -0.15) is 0 Å². The number of quaternary nitrogens is 1. The largest absolute Gasteiger partial charge is 0.326 e. The van der Waals surface area contributed by atoms with E-state index in [1.807, 2.05) is 0 Å². The van der Waals surface area contributed by atoms with E-state index < -0.39 is 5.67 Å². The standard InChI is InChI=1S/C12H26FN2/c1-11(2,14)5-8-15(4)9-6-12(3,13)7-10-15/h5-10,14H2,1-4H3/q+1. The average molecular weight is 217 g/mol. The molecular formula is C12H26FN2+. The Morgan fingerprint density at radius 2 is 1.80 bits per heavy atom. The van der Waals surface area contributed by atoms with Gasteiger partial charge in [0, 0.05) is 24.8 Å². The molecule has 1 fully saturated rings. The molecule has 0 aromatic heterocycles. The summed E-state index contributed by atoms with van der Waals surface area (Å²) in [7, 11) is 2.22. The number of piperidine rings is 1. The van der Waals surface area contributed by atoms with Gasteiger partial charge in [0.15, 0.2) is 0 Å². The van der Waals surface area contributed by atoms with Gasteiger partial charge in [0.25, 0.3) is 0 Å². The molecule has 0 saturated carbocycles. The zero-order valence-electron chi connectivity index (χ0n) is 10.6. The average Bonchev–Trinajstić information content (AvgIpc) is 2.07. The van der Waals surface area contributed by atoms with Crippen molar-refractivity contribution in [3.63, 3.8) is 0 Å². The van der Waals surface area contributed by atoms with E-state index in [0.717, 1.165) is 30.5 Å². The van der Waals surface area contributed by atoms with Crippen molar-refractivity contribution in [3.05, 3.63) is 0 Å². The smallest absolute Gasteiger partial charge is 0.119 e. The van der Waals surface area contributed by atoms with Crippen LogP contribution in [0.2, 0.25) is 0 Å². The Kier molecular flexibility index (Phi) is 3.46. The van der Waals surface area contributed by atoms with Crippen molar-refractivity contribution in [2.24, 2.45) is 5.73 Å². The molecule has 1 aliphatic rings. The van der Waals surface area contributed by atoms with Gasteiger partial charge in [-0.3, -0.25) is 0 Å². The van der Waals surface area contributed by atoms with Crippen molar-refractivity contribution in [2.75, 3.05) is 26.7 Å². The van der Waals surface area contributed by atoms with E-state index in [2.05, 4.69) is 20.9 Å². The summed E-state index contributed by atoms with van der Waals surface area (Å²) in [6.45, 7) is 8.81. The molecule has 0 atom stereocenters. The van der Waals surface area contributed by atoms with E-state index in [1.165, 1.54) is 0 Å². The van der Waals surface area contributed by atoms with Crippen molar-refractivity contribution in [1.29, 1.82) is 0 Å². The maximum Gasteiger partial charge on any atom is 0.119 e. The van der Waals surface area contributed by atoms with Crippen molar-refractivity contribution in [1.82, 2.24) is 0 Å². The van der Waals surface area contributed by atoms with Crippen LogP contribution in [-0.4, -0.2) is 42.4 Å². The lowest BCUT2D eigenvalue weighted by Gasteiger charge is -2.43. The molecule has 0 aliphatic carbocycles. The summed E-state index contributed by atoms with van der Waals surface area (Å²) >= 11 is 0. The van der Waals surface area contributed by atoms with Crippen molar-refractivity contribution in [2.45, 2.75) is 51.2 Å². The second-order valence-electron chi connectivity index (χ2n) is 6.44. The Labute approximate surface area is 93.2 Å². The number of hydrogen-bond donors (Lipinski definition) is 1. The number of halogens is 1. The van der Waals surface area contributed by atoms with Gasteiger partial charge in [-0.25, -0.2) is 4.39 Å². The monoisotopic (exact) mass is 217 g/mol.